The Morgan fingerprint density at radius 3 is 2.79 bits per heavy atom. The molecule has 1 fully saturated rings. The number of nitrogens with one attached hydrogen (secondary N) is 1. The van der Waals surface area contributed by atoms with Crippen molar-refractivity contribution in [1.29, 1.82) is 0 Å². The quantitative estimate of drug-likeness (QED) is 0.804. The average molecular weight is 374 g/mol. The molecule has 2 heterocycles. The fraction of sp³-hybridized carbons (Fsp3) is 0.647. The molecule has 3 N–H and O–H groups in total. The first-order valence-corrected chi connectivity index (χ1v) is 9.25. The minimum atomic E-state index is -0.0364. The van der Waals surface area contributed by atoms with Crippen molar-refractivity contribution in [2.45, 2.75) is 52.0 Å². The minimum Gasteiger partial charge on any atom is -0.354 e. The van der Waals surface area contributed by atoms with Crippen LogP contribution in [-0.4, -0.2) is 42.4 Å². The molecule has 0 saturated carbocycles. The van der Waals surface area contributed by atoms with Crippen LogP contribution >= 0.6 is 23.7 Å². The van der Waals surface area contributed by atoms with Crippen LogP contribution in [0.1, 0.15) is 52.7 Å². The summed E-state index contributed by atoms with van der Waals surface area (Å²) >= 11 is 1.60. The summed E-state index contributed by atoms with van der Waals surface area (Å²) < 4.78 is 0. The maximum absolute atomic E-state index is 12.9. The Balaban J connectivity index is 0.00000288. The van der Waals surface area contributed by atoms with Crippen LogP contribution in [0.15, 0.2) is 6.07 Å². The monoisotopic (exact) mass is 373 g/mol. The van der Waals surface area contributed by atoms with Crippen molar-refractivity contribution in [3.63, 3.8) is 0 Å². The molecule has 0 aliphatic carbocycles. The van der Waals surface area contributed by atoms with E-state index in [9.17, 15) is 9.59 Å². The van der Waals surface area contributed by atoms with Gasteiger partial charge in [0.2, 0.25) is 5.91 Å². The van der Waals surface area contributed by atoms with Crippen LogP contribution in [0.3, 0.4) is 0 Å². The van der Waals surface area contributed by atoms with Gasteiger partial charge in [-0.25, -0.2) is 0 Å². The lowest BCUT2D eigenvalue weighted by Crippen LogP contribution is -2.49. The van der Waals surface area contributed by atoms with Crippen molar-refractivity contribution < 1.29 is 9.59 Å². The molecular weight excluding hydrogens is 346 g/mol. The Bertz CT molecular complexity index is 562. The van der Waals surface area contributed by atoms with Gasteiger partial charge in [-0.1, -0.05) is 6.92 Å². The van der Waals surface area contributed by atoms with E-state index in [0.29, 0.717) is 19.5 Å². The standard InChI is InChI=1S/C17H27N3O2S.ClH/c1-3-14-12(2)10-15(23-14)17(22)20-9-5-4-6-13(20)11-19-16(21)7-8-18;/h10,13H,3-9,11,18H2,1-2H3,(H,19,21);1H. The molecule has 1 aromatic heterocycles. The third kappa shape index (κ3) is 5.19. The summed E-state index contributed by atoms with van der Waals surface area (Å²) in [6, 6.07) is 2.09. The van der Waals surface area contributed by atoms with Gasteiger partial charge in [0, 0.05) is 37.0 Å². The van der Waals surface area contributed by atoms with Gasteiger partial charge in [0.1, 0.15) is 0 Å². The summed E-state index contributed by atoms with van der Waals surface area (Å²) in [6.45, 7) is 5.83. The third-order valence-electron chi connectivity index (χ3n) is 4.35. The number of amides is 2. The predicted octanol–water partition coefficient (Wildman–Crippen LogP) is 2.50. The topological polar surface area (TPSA) is 75.4 Å². The predicted molar refractivity (Wildman–Crippen MR) is 101 cm³/mol. The van der Waals surface area contributed by atoms with Crippen molar-refractivity contribution in [2.75, 3.05) is 19.6 Å². The van der Waals surface area contributed by atoms with Crippen LogP contribution in [0.25, 0.3) is 0 Å². The molecule has 0 bridgehead atoms. The second kappa shape index (κ2) is 10.0. The van der Waals surface area contributed by atoms with Crippen molar-refractivity contribution >= 4 is 35.6 Å². The van der Waals surface area contributed by atoms with Crippen molar-refractivity contribution in [3.8, 4) is 0 Å². The number of hydrogen-bond donors (Lipinski definition) is 2. The van der Waals surface area contributed by atoms with E-state index in [2.05, 4.69) is 19.2 Å². The van der Waals surface area contributed by atoms with Gasteiger partial charge in [0.25, 0.3) is 5.91 Å². The van der Waals surface area contributed by atoms with E-state index in [1.54, 1.807) is 11.3 Å². The maximum atomic E-state index is 12.9. The van der Waals surface area contributed by atoms with Crippen molar-refractivity contribution in [3.05, 3.63) is 21.4 Å². The first-order chi connectivity index (χ1) is 11.1. The van der Waals surface area contributed by atoms with Gasteiger partial charge in [-0.15, -0.1) is 23.7 Å². The molecule has 0 aromatic carbocycles. The molecule has 0 spiro atoms. The third-order valence-corrected chi connectivity index (χ3v) is 5.72. The fourth-order valence-corrected chi connectivity index (χ4v) is 4.12. The van der Waals surface area contributed by atoms with Gasteiger partial charge in [-0.05, 0) is 44.2 Å². The molecule has 5 nitrogen and oxygen atoms in total. The molecule has 24 heavy (non-hydrogen) atoms. The maximum Gasteiger partial charge on any atom is 0.264 e. The molecule has 7 heteroatoms. The van der Waals surface area contributed by atoms with E-state index in [4.69, 9.17) is 5.73 Å². The van der Waals surface area contributed by atoms with E-state index in [1.165, 1.54) is 10.4 Å². The number of carbonyl (C=O) groups excluding carboxylic acids is 2. The first-order valence-electron chi connectivity index (χ1n) is 8.43. The van der Waals surface area contributed by atoms with Crippen LogP contribution < -0.4 is 11.1 Å². The zero-order valence-electron chi connectivity index (χ0n) is 14.5. The molecule has 1 unspecified atom stereocenters. The Labute approximate surface area is 154 Å². The van der Waals surface area contributed by atoms with Crippen LogP contribution in [0.2, 0.25) is 0 Å². The molecule has 0 radical (unpaired) electrons. The molecule has 1 saturated heterocycles. The van der Waals surface area contributed by atoms with E-state index in [0.717, 1.165) is 37.1 Å². The smallest absolute Gasteiger partial charge is 0.264 e. The average Bonchev–Trinajstić information content (AvgIpc) is 2.94. The lowest BCUT2D eigenvalue weighted by Gasteiger charge is -2.35. The SMILES string of the molecule is CCc1sc(C(=O)N2CCCCC2CNC(=O)CCN)cc1C.Cl. The van der Waals surface area contributed by atoms with Gasteiger partial charge < -0.3 is 16.0 Å². The largest absolute Gasteiger partial charge is 0.354 e. The zero-order chi connectivity index (χ0) is 16.8. The summed E-state index contributed by atoms with van der Waals surface area (Å²) in [6.07, 6.45) is 4.38. The summed E-state index contributed by atoms with van der Waals surface area (Å²) in [5, 5.41) is 2.91. The second-order valence-corrected chi connectivity index (χ2v) is 7.20. The number of rotatable bonds is 6. The van der Waals surface area contributed by atoms with Crippen LogP contribution in [0.4, 0.5) is 0 Å². The molecule has 2 amide bonds. The van der Waals surface area contributed by atoms with Gasteiger partial charge in [-0.2, -0.15) is 0 Å². The minimum absolute atomic E-state index is 0. The summed E-state index contributed by atoms with van der Waals surface area (Å²) in [7, 11) is 0. The molecule has 1 aliphatic rings. The second-order valence-electron chi connectivity index (χ2n) is 6.06. The number of piperidine rings is 1. The normalized spacial score (nSPS) is 17.3. The van der Waals surface area contributed by atoms with Gasteiger partial charge in [0.05, 0.1) is 4.88 Å². The number of aryl methyl sites for hydroxylation is 2. The van der Waals surface area contributed by atoms with Gasteiger partial charge >= 0.3 is 0 Å². The molecule has 1 aromatic rings. The van der Waals surface area contributed by atoms with E-state index < -0.39 is 0 Å². The first kappa shape index (κ1) is 20.9. The summed E-state index contributed by atoms with van der Waals surface area (Å²) in [5.41, 5.74) is 6.60. The fourth-order valence-electron chi connectivity index (χ4n) is 3.05. The van der Waals surface area contributed by atoms with Gasteiger partial charge in [0.15, 0.2) is 0 Å². The Hall–Kier alpha value is -1.11. The van der Waals surface area contributed by atoms with Crippen LogP contribution in [0, 0.1) is 6.92 Å². The number of hydrogen-bond acceptors (Lipinski definition) is 4. The Kier molecular flexibility index (Phi) is 8.73. The summed E-state index contributed by atoms with van der Waals surface area (Å²) in [4.78, 5) is 28.5. The highest BCUT2D eigenvalue weighted by molar-refractivity contribution is 7.14. The lowest BCUT2D eigenvalue weighted by molar-refractivity contribution is -0.121. The van der Waals surface area contributed by atoms with E-state index in [-0.39, 0.29) is 30.3 Å². The van der Waals surface area contributed by atoms with Crippen molar-refractivity contribution in [2.24, 2.45) is 5.73 Å². The lowest BCUT2D eigenvalue weighted by atomic mass is 10.0. The van der Waals surface area contributed by atoms with E-state index in [1.807, 2.05) is 11.0 Å². The molecular formula is C17H28ClN3O2S. The van der Waals surface area contributed by atoms with Crippen molar-refractivity contribution in [1.82, 2.24) is 10.2 Å². The molecule has 1 atom stereocenters. The zero-order valence-corrected chi connectivity index (χ0v) is 16.1. The number of halogens is 1. The van der Waals surface area contributed by atoms with Crippen LogP contribution in [0.5, 0.6) is 0 Å². The number of thiophene rings is 1. The Morgan fingerprint density at radius 2 is 2.17 bits per heavy atom. The van der Waals surface area contributed by atoms with Gasteiger partial charge in [-0.3, -0.25) is 9.59 Å². The molecule has 136 valence electrons. The number of likely N-dealkylation sites (tertiary alicyclic amines) is 1. The Morgan fingerprint density at radius 1 is 1.42 bits per heavy atom. The highest BCUT2D eigenvalue weighted by Gasteiger charge is 2.28. The number of nitrogens with zero attached hydrogens (tertiary/aromatic N) is 1. The number of nitrogens with two attached hydrogens (primary N) is 1. The molecule has 2 rings (SSSR count). The molecule has 1 aliphatic heterocycles. The van der Waals surface area contributed by atoms with Crippen LogP contribution in [-0.2, 0) is 11.2 Å². The highest BCUT2D eigenvalue weighted by atomic mass is 35.5. The number of carbonyl (C=O) groups is 2. The summed E-state index contributed by atoms with van der Waals surface area (Å²) in [5.74, 6) is 0.0706. The van der Waals surface area contributed by atoms with E-state index >= 15 is 0 Å². The highest BCUT2D eigenvalue weighted by Crippen LogP contribution is 2.26.